The monoisotopic (exact) mass is 332 g/mol. The lowest BCUT2D eigenvalue weighted by molar-refractivity contribution is -0.137. The topological polar surface area (TPSA) is 44.1 Å². The molecule has 2 aromatic carbocycles. The third kappa shape index (κ3) is 3.74. The number of nitrogens with zero attached hydrogens (tertiary/aromatic N) is 2. The number of nitriles is 1. The number of hydrogen-bond donors (Lipinski definition) is 0. The van der Waals surface area contributed by atoms with Crippen molar-refractivity contribution in [2.24, 2.45) is 0 Å². The van der Waals surface area contributed by atoms with Gasteiger partial charge in [0.05, 0.1) is 11.6 Å². The van der Waals surface area contributed by atoms with Crippen molar-refractivity contribution in [3.8, 4) is 17.2 Å². The molecule has 0 aliphatic rings. The zero-order valence-electron chi connectivity index (χ0n) is 13.0. The van der Waals surface area contributed by atoms with Crippen molar-refractivity contribution in [1.82, 2.24) is 4.90 Å². The summed E-state index contributed by atoms with van der Waals surface area (Å²) >= 11 is 0. The van der Waals surface area contributed by atoms with E-state index >= 15 is 0 Å². The zero-order valence-corrected chi connectivity index (χ0v) is 13.0. The molecular weight excluding hydrogens is 317 g/mol. The molecule has 0 aliphatic heterocycles. The van der Waals surface area contributed by atoms with Crippen LogP contribution in [-0.4, -0.2) is 23.9 Å². The highest BCUT2D eigenvalue weighted by atomic mass is 19.4. The first-order valence-electron chi connectivity index (χ1n) is 7.31. The van der Waals surface area contributed by atoms with Crippen molar-refractivity contribution in [3.63, 3.8) is 0 Å². The van der Waals surface area contributed by atoms with Crippen molar-refractivity contribution in [2.45, 2.75) is 13.1 Å². The highest BCUT2D eigenvalue weighted by Crippen LogP contribution is 2.32. The predicted octanol–water partition coefficient (Wildman–Crippen LogP) is 4.36. The molecule has 0 saturated carbocycles. The van der Waals surface area contributed by atoms with Gasteiger partial charge in [-0.25, -0.2) is 0 Å². The Kier molecular flexibility index (Phi) is 5.24. The Morgan fingerprint density at radius 2 is 1.75 bits per heavy atom. The molecule has 1 amide bonds. The van der Waals surface area contributed by atoms with Gasteiger partial charge in [-0.2, -0.15) is 18.4 Å². The minimum absolute atomic E-state index is 0.0450. The Balaban J connectivity index is 2.42. The second kappa shape index (κ2) is 7.18. The van der Waals surface area contributed by atoms with Crippen molar-refractivity contribution in [1.29, 1.82) is 5.26 Å². The van der Waals surface area contributed by atoms with E-state index in [2.05, 4.69) is 0 Å². The number of halogens is 3. The normalized spacial score (nSPS) is 11.0. The molecule has 0 bridgehead atoms. The Morgan fingerprint density at radius 1 is 1.12 bits per heavy atom. The molecule has 0 radical (unpaired) electrons. The fraction of sp³-hybridized carbons (Fsp3) is 0.222. The van der Waals surface area contributed by atoms with E-state index < -0.39 is 11.7 Å². The number of hydrogen-bond acceptors (Lipinski definition) is 2. The molecule has 2 aromatic rings. The molecule has 0 saturated heterocycles. The first-order valence-corrected chi connectivity index (χ1v) is 7.31. The van der Waals surface area contributed by atoms with Gasteiger partial charge in [0.25, 0.3) is 5.91 Å². The van der Waals surface area contributed by atoms with Gasteiger partial charge in [-0.05, 0) is 36.2 Å². The Hall–Kier alpha value is -2.81. The Labute approximate surface area is 137 Å². The van der Waals surface area contributed by atoms with Crippen LogP contribution in [0.2, 0.25) is 0 Å². The van der Waals surface area contributed by atoms with Gasteiger partial charge in [0, 0.05) is 12.1 Å². The highest BCUT2D eigenvalue weighted by Gasteiger charge is 2.30. The van der Waals surface area contributed by atoms with Gasteiger partial charge in [-0.3, -0.25) is 4.79 Å². The summed E-state index contributed by atoms with van der Waals surface area (Å²) in [4.78, 5) is 14.0. The maximum atomic E-state index is 12.7. The molecule has 2 rings (SSSR count). The minimum Gasteiger partial charge on any atom is -0.326 e. The quantitative estimate of drug-likeness (QED) is 0.781. The summed E-state index contributed by atoms with van der Waals surface area (Å²) in [6, 6.07) is 13.3. The number of carbonyl (C=O) groups is 1. The Morgan fingerprint density at radius 3 is 2.29 bits per heavy atom. The lowest BCUT2D eigenvalue weighted by atomic mass is 9.97. The molecule has 0 aliphatic carbocycles. The van der Waals surface area contributed by atoms with Crippen molar-refractivity contribution >= 4 is 5.91 Å². The van der Waals surface area contributed by atoms with Crippen LogP contribution in [0, 0.1) is 11.3 Å². The predicted molar refractivity (Wildman–Crippen MR) is 84.1 cm³/mol. The molecular formula is C18H15F3N2O. The van der Waals surface area contributed by atoms with Gasteiger partial charge in [-0.15, -0.1) is 0 Å². The first kappa shape index (κ1) is 17.5. The van der Waals surface area contributed by atoms with Crippen LogP contribution in [0.1, 0.15) is 22.8 Å². The summed E-state index contributed by atoms with van der Waals surface area (Å²) in [6.45, 7) is 2.08. The van der Waals surface area contributed by atoms with E-state index in [4.69, 9.17) is 5.26 Å². The van der Waals surface area contributed by atoms with Crippen LogP contribution in [0.4, 0.5) is 13.2 Å². The standard InChI is InChI=1S/C18H15F3N2O/c1-2-23(12-11-22)17(24)16-6-4-3-5-15(16)13-7-9-14(10-8-13)18(19,20)21/h3-10H,2,12H2,1H3. The highest BCUT2D eigenvalue weighted by molar-refractivity contribution is 6.01. The fourth-order valence-electron chi connectivity index (χ4n) is 2.34. The van der Waals surface area contributed by atoms with Crippen LogP contribution in [0.25, 0.3) is 11.1 Å². The van der Waals surface area contributed by atoms with Crippen LogP contribution in [-0.2, 0) is 6.18 Å². The lowest BCUT2D eigenvalue weighted by Gasteiger charge is -2.19. The minimum atomic E-state index is -4.40. The van der Waals surface area contributed by atoms with Crippen molar-refractivity contribution < 1.29 is 18.0 Å². The van der Waals surface area contributed by atoms with Crippen LogP contribution in [0.5, 0.6) is 0 Å². The van der Waals surface area contributed by atoms with E-state index in [1.54, 1.807) is 31.2 Å². The van der Waals surface area contributed by atoms with Gasteiger partial charge >= 0.3 is 6.18 Å². The van der Waals surface area contributed by atoms with Gasteiger partial charge in [0.2, 0.25) is 0 Å². The fourth-order valence-corrected chi connectivity index (χ4v) is 2.34. The summed E-state index contributed by atoms with van der Waals surface area (Å²) < 4.78 is 38.0. The van der Waals surface area contributed by atoms with E-state index in [1.165, 1.54) is 17.0 Å². The molecule has 0 N–H and O–H groups in total. The molecule has 0 heterocycles. The van der Waals surface area contributed by atoms with Crippen molar-refractivity contribution in [2.75, 3.05) is 13.1 Å². The molecule has 24 heavy (non-hydrogen) atoms. The molecule has 0 spiro atoms. The van der Waals surface area contributed by atoms with E-state index in [0.717, 1.165) is 12.1 Å². The van der Waals surface area contributed by atoms with E-state index in [0.29, 0.717) is 23.2 Å². The third-order valence-corrected chi connectivity index (χ3v) is 3.61. The summed E-state index contributed by atoms with van der Waals surface area (Å²) in [5, 5.41) is 8.81. The SMILES string of the molecule is CCN(CC#N)C(=O)c1ccccc1-c1ccc(C(F)(F)F)cc1. The average molecular weight is 332 g/mol. The van der Waals surface area contributed by atoms with Gasteiger partial charge in [0.15, 0.2) is 0 Å². The van der Waals surface area contributed by atoms with Crippen LogP contribution in [0.15, 0.2) is 48.5 Å². The second-order valence-corrected chi connectivity index (χ2v) is 5.10. The first-order chi connectivity index (χ1) is 11.4. The number of carbonyl (C=O) groups excluding carboxylic acids is 1. The largest absolute Gasteiger partial charge is 0.416 e. The van der Waals surface area contributed by atoms with Gasteiger partial charge < -0.3 is 4.90 Å². The third-order valence-electron chi connectivity index (χ3n) is 3.61. The molecule has 0 atom stereocenters. The Bertz CT molecular complexity index is 761. The number of alkyl halides is 3. The molecule has 124 valence electrons. The smallest absolute Gasteiger partial charge is 0.326 e. The van der Waals surface area contributed by atoms with Gasteiger partial charge in [0.1, 0.15) is 6.54 Å². The van der Waals surface area contributed by atoms with Crippen LogP contribution in [0.3, 0.4) is 0 Å². The molecule has 6 heteroatoms. The average Bonchev–Trinajstić information content (AvgIpc) is 2.58. The zero-order chi connectivity index (χ0) is 17.7. The second-order valence-electron chi connectivity index (χ2n) is 5.10. The summed E-state index contributed by atoms with van der Waals surface area (Å²) in [7, 11) is 0. The summed E-state index contributed by atoms with van der Waals surface area (Å²) in [5.41, 5.74) is 0.664. The number of rotatable bonds is 4. The van der Waals surface area contributed by atoms with Crippen LogP contribution < -0.4 is 0 Å². The van der Waals surface area contributed by atoms with E-state index in [1.807, 2.05) is 6.07 Å². The van der Waals surface area contributed by atoms with Crippen molar-refractivity contribution in [3.05, 3.63) is 59.7 Å². The van der Waals surface area contributed by atoms with Crippen LogP contribution >= 0.6 is 0 Å². The molecule has 0 aromatic heterocycles. The number of amides is 1. The molecule has 0 fully saturated rings. The molecule has 3 nitrogen and oxygen atoms in total. The summed E-state index contributed by atoms with van der Waals surface area (Å²) in [6.07, 6.45) is -4.40. The van der Waals surface area contributed by atoms with E-state index in [9.17, 15) is 18.0 Å². The lowest BCUT2D eigenvalue weighted by Crippen LogP contribution is -2.31. The maximum Gasteiger partial charge on any atom is 0.416 e. The van der Waals surface area contributed by atoms with Gasteiger partial charge in [-0.1, -0.05) is 30.3 Å². The maximum absolute atomic E-state index is 12.7. The number of benzene rings is 2. The summed E-state index contributed by atoms with van der Waals surface area (Å²) in [5.74, 6) is -0.324. The molecule has 0 unspecified atom stereocenters. The van der Waals surface area contributed by atoms with E-state index in [-0.39, 0.29) is 12.5 Å².